The molecule has 0 radical (unpaired) electrons. The molecule has 0 spiro atoms. The van der Waals surface area contributed by atoms with E-state index in [4.69, 9.17) is 4.74 Å². The Bertz CT molecular complexity index is 611. The number of nitrogens with one attached hydrogen (secondary N) is 1. The molecule has 0 bridgehead atoms. The average Bonchev–Trinajstić information content (AvgIpc) is 2.54. The van der Waals surface area contributed by atoms with Crippen LogP contribution in [0.1, 0.15) is 31.9 Å². The van der Waals surface area contributed by atoms with Gasteiger partial charge in [-0.1, -0.05) is 44.2 Å². The van der Waals surface area contributed by atoms with Crippen LogP contribution in [0.25, 0.3) is 0 Å². The van der Waals surface area contributed by atoms with Crippen LogP contribution in [-0.4, -0.2) is 12.5 Å². The van der Waals surface area contributed by atoms with Gasteiger partial charge in [-0.2, -0.15) is 0 Å². The third kappa shape index (κ3) is 6.22. The van der Waals surface area contributed by atoms with Crippen molar-refractivity contribution in [1.82, 2.24) is 5.32 Å². The summed E-state index contributed by atoms with van der Waals surface area (Å²) in [5, 5.41) is 3.08. The van der Waals surface area contributed by atoms with Gasteiger partial charge in [0.15, 0.2) is 6.61 Å². The van der Waals surface area contributed by atoms with Crippen LogP contribution < -0.4 is 10.1 Å². The molecule has 0 unspecified atom stereocenters. The second kappa shape index (κ2) is 8.91. The maximum atomic E-state index is 12.2. The Labute approximate surface area is 151 Å². The van der Waals surface area contributed by atoms with E-state index in [9.17, 15) is 4.79 Å². The van der Waals surface area contributed by atoms with E-state index in [2.05, 4.69) is 41.8 Å². The Kier molecular flexibility index (Phi) is 6.89. The van der Waals surface area contributed by atoms with E-state index < -0.39 is 0 Å². The van der Waals surface area contributed by atoms with Crippen molar-refractivity contribution in [3.8, 4) is 5.75 Å². The number of halogens is 1. The summed E-state index contributed by atoms with van der Waals surface area (Å²) in [6, 6.07) is 17.8. The molecule has 0 aromatic heterocycles. The maximum absolute atomic E-state index is 12.2. The highest BCUT2D eigenvalue weighted by Crippen LogP contribution is 2.21. The second-order valence-corrected chi connectivity index (χ2v) is 7.15. The second-order valence-electron chi connectivity index (χ2n) is 5.90. The van der Waals surface area contributed by atoms with Crippen molar-refractivity contribution < 1.29 is 9.53 Å². The lowest BCUT2D eigenvalue weighted by molar-refractivity contribution is -0.124. The first-order valence-corrected chi connectivity index (χ1v) is 8.85. The standard InChI is InChI=1S/C19H22INO2/c1-14(2)12-18(15-6-4-3-5-7-15)21-19(22)13-23-17-10-8-16(20)9-11-17/h3-11,14,18H,12-13H2,1-2H3,(H,21,22)/t18-/m0/s1. The molecule has 0 heterocycles. The fourth-order valence-electron chi connectivity index (χ4n) is 2.35. The highest BCUT2D eigenvalue weighted by molar-refractivity contribution is 14.1. The van der Waals surface area contributed by atoms with E-state index in [1.165, 1.54) is 0 Å². The van der Waals surface area contributed by atoms with Crippen molar-refractivity contribution in [2.75, 3.05) is 6.61 Å². The first kappa shape index (κ1) is 17.8. The van der Waals surface area contributed by atoms with Crippen molar-refractivity contribution in [2.24, 2.45) is 5.92 Å². The van der Waals surface area contributed by atoms with Gasteiger partial charge in [-0.25, -0.2) is 0 Å². The topological polar surface area (TPSA) is 38.3 Å². The Morgan fingerprint density at radius 2 is 1.74 bits per heavy atom. The molecule has 0 aliphatic carbocycles. The van der Waals surface area contributed by atoms with Crippen molar-refractivity contribution in [3.05, 3.63) is 63.7 Å². The Morgan fingerprint density at radius 1 is 1.09 bits per heavy atom. The molecule has 1 N–H and O–H groups in total. The zero-order valence-corrected chi connectivity index (χ0v) is 15.6. The van der Waals surface area contributed by atoms with E-state index in [1.54, 1.807) is 0 Å². The van der Waals surface area contributed by atoms with Gasteiger partial charge in [-0.3, -0.25) is 4.79 Å². The van der Waals surface area contributed by atoms with Gasteiger partial charge < -0.3 is 10.1 Å². The summed E-state index contributed by atoms with van der Waals surface area (Å²) in [5.41, 5.74) is 1.13. The van der Waals surface area contributed by atoms with Crippen LogP contribution in [0, 0.1) is 9.49 Å². The van der Waals surface area contributed by atoms with Gasteiger partial charge >= 0.3 is 0 Å². The quantitative estimate of drug-likeness (QED) is 0.663. The molecule has 1 amide bonds. The Balaban J connectivity index is 1.93. The molecular weight excluding hydrogens is 401 g/mol. The monoisotopic (exact) mass is 423 g/mol. The van der Waals surface area contributed by atoms with Crippen molar-refractivity contribution in [3.63, 3.8) is 0 Å². The molecule has 0 aliphatic rings. The summed E-state index contributed by atoms with van der Waals surface area (Å²) in [4.78, 5) is 12.2. The molecule has 3 nitrogen and oxygen atoms in total. The zero-order chi connectivity index (χ0) is 16.7. The molecule has 2 rings (SSSR count). The maximum Gasteiger partial charge on any atom is 0.258 e. The lowest BCUT2D eigenvalue weighted by atomic mass is 9.97. The van der Waals surface area contributed by atoms with Crippen LogP contribution in [-0.2, 0) is 4.79 Å². The van der Waals surface area contributed by atoms with Gasteiger partial charge in [0.25, 0.3) is 5.91 Å². The van der Waals surface area contributed by atoms with Crippen LogP contribution in [0.15, 0.2) is 54.6 Å². The molecule has 4 heteroatoms. The van der Waals surface area contributed by atoms with Gasteiger partial charge in [0.05, 0.1) is 6.04 Å². The molecule has 0 aliphatic heterocycles. The number of carbonyl (C=O) groups is 1. The number of carbonyl (C=O) groups excluding carboxylic acids is 1. The highest BCUT2D eigenvalue weighted by atomic mass is 127. The number of benzene rings is 2. The molecule has 0 fully saturated rings. The number of hydrogen-bond donors (Lipinski definition) is 1. The fraction of sp³-hybridized carbons (Fsp3) is 0.316. The third-order valence-corrected chi connectivity index (χ3v) is 4.15. The number of amides is 1. The number of ether oxygens (including phenoxy) is 1. The summed E-state index contributed by atoms with van der Waals surface area (Å²) in [6.07, 6.45) is 0.902. The predicted molar refractivity (Wildman–Crippen MR) is 101 cm³/mol. The number of rotatable bonds is 7. The minimum Gasteiger partial charge on any atom is -0.484 e. The molecule has 2 aromatic carbocycles. The van der Waals surface area contributed by atoms with Gasteiger partial charge in [-0.15, -0.1) is 0 Å². The van der Waals surface area contributed by atoms with Crippen molar-refractivity contribution in [1.29, 1.82) is 0 Å². The average molecular weight is 423 g/mol. The third-order valence-electron chi connectivity index (χ3n) is 3.43. The summed E-state index contributed by atoms with van der Waals surface area (Å²) in [6.45, 7) is 4.34. The van der Waals surface area contributed by atoms with Crippen molar-refractivity contribution >= 4 is 28.5 Å². The van der Waals surface area contributed by atoms with E-state index in [0.717, 1.165) is 15.6 Å². The lowest BCUT2D eigenvalue weighted by Crippen LogP contribution is -2.33. The van der Waals surface area contributed by atoms with Crippen LogP contribution in [0.3, 0.4) is 0 Å². The SMILES string of the molecule is CC(C)C[C@H](NC(=O)COc1ccc(I)cc1)c1ccccc1. The van der Waals surface area contributed by atoms with E-state index in [0.29, 0.717) is 11.7 Å². The van der Waals surface area contributed by atoms with Gasteiger partial charge in [0.1, 0.15) is 5.75 Å². The first-order valence-electron chi connectivity index (χ1n) is 7.77. The molecular formula is C19H22INO2. The van der Waals surface area contributed by atoms with Gasteiger partial charge in [-0.05, 0) is 64.8 Å². The first-order chi connectivity index (χ1) is 11.0. The van der Waals surface area contributed by atoms with Gasteiger partial charge in [0, 0.05) is 3.57 Å². The molecule has 0 saturated carbocycles. The minimum absolute atomic E-state index is 0.0176. The summed E-state index contributed by atoms with van der Waals surface area (Å²) in [5.74, 6) is 1.11. The molecule has 23 heavy (non-hydrogen) atoms. The Hall–Kier alpha value is -1.56. The van der Waals surface area contributed by atoms with Crippen molar-refractivity contribution in [2.45, 2.75) is 26.3 Å². The molecule has 2 aromatic rings. The summed E-state index contributed by atoms with van der Waals surface area (Å²) >= 11 is 2.24. The highest BCUT2D eigenvalue weighted by Gasteiger charge is 2.16. The Morgan fingerprint density at radius 3 is 2.35 bits per heavy atom. The lowest BCUT2D eigenvalue weighted by Gasteiger charge is -2.21. The van der Waals surface area contributed by atoms with Crippen LogP contribution >= 0.6 is 22.6 Å². The van der Waals surface area contributed by atoms with Crippen LogP contribution in [0.4, 0.5) is 0 Å². The van der Waals surface area contributed by atoms with Crippen LogP contribution in [0.2, 0.25) is 0 Å². The summed E-state index contributed by atoms with van der Waals surface area (Å²) < 4.78 is 6.69. The van der Waals surface area contributed by atoms with Crippen LogP contribution in [0.5, 0.6) is 5.75 Å². The normalized spacial score (nSPS) is 12.0. The zero-order valence-electron chi connectivity index (χ0n) is 13.5. The van der Waals surface area contributed by atoms with E-state index in [1.807, 2.05) is 54.6 Å². The molecule has 0 saturated heterocycles. The molecule has 122 valence electrons. The van der Waals surface area contributed by atoms with E-state index in [-0.39, 0.29) is 18.6 Å². The van der Waals surface area contributed by atoms with E-state index >= 15 is 0 Å². The smallest absolute Gasteiger partial charge is 0.258 e. The molecule has 1 atom stereocenters. The number of hydrogen-bond acceptors (Lipinski definition) is 2. The fourth-order valence-corrected chi connectivity index (χ4v) is 2.71. The van der Waals surface area contributed by atoms with Gasteiger partial charge in [0.2, 0.25) is 0 Å². The predicted octanol–water partition coefficient (Wildman–Crippen LogP) is 4.57. The summed E-state index contributed by atoms with van der Waals surface area (Å²) in [7, 11) is 0. The minimum atomic E-state index is -0.0990. The largest absolute Gasteiger partial charge is 0.484 e.